The zero-order chi connectivity index (χ0) is 14.1. The molecule has 0 heterocycles. The lowest BCUT2D eigenvalue weighted by Gasteiger charge is -2.31. The molecule has 0 amide bonds. The van der Waals surface area contributed by atoms with Gasteiger partial charge in [0.15, 0.2) is 0 Å². The molecule has 0 saturated heterocycles. The Balaban J connectivity index is 1.62. The molecule has 2 aromatic rings. The minimum Gasteiger partial charge on any atom is -0.393 e. The average Bonchev–Trinajstić information content (AvgIpc) is 2.34. The third kappa shape index (κ3) is 2.78. The van der Waals surface area contributed by atoms with Gasteiger partial charge in [-0.2, -0.15) is 0 Å². The van der Waals surface area contributed by atoms with E-state index in [4.69, 9.17) is 0 Å². The fourth-order valence-corrected chi connectivity index (χ4v) is 3.44. The van der Waals surface area contributed by atoms with E-state index in [1.165, 1.54) is 27.8 Å². The first-order chi connectivity index (χ1) is 9.61. The molecule has 0 aliphatic heterocycles. The second-order valence-corrected chi connectivity index (χ2v) is 6.19. The Labute approximate surface area is 121 Å². The van der Waals surface area contributed by atoms with Gasteiger partial charge >= 0.3 is 0 Å². The lowest BCUT2D eigenvalue weighted by molar-refractivity contribution is 0.151. The van der Waals surface area contributed by atoms with E-state index in [0.29, 0.717) is 5.92 Å². The maximum Gasteiger partial charge on any atom is 0.0586 e. The molecule has 0 bridgehead atoms. The molecule has 2 unspecified atom stereocenters. The van der Waals surface area contributed by atoms with E-state index in [9.17, 15) is 5.11 Å². The third-order valence-electron chi connectivity index (χ3n) is 4.27. The molecular formula is C19H22O. The van der Waals surface area contributed by atoms with E-state index in [2.05, 4.69) is 56.3 Å². The van der Waals surface area contributed by atoms with Crippen molar-refractivity contribution in [1.29, 1.82) is 0 Å². The van der Waals surface area contributed by atoms with Crippen molar-refractivity contribution in [3.8, 4) is 0 Å². The van der Waals surface area contributed by atoms with E-state index in [0.717, 1.165) is 19.3 Å². The van der Waals surface area contributed by atoms with Crippen LogP contribution >= 0.6 is 0 Å². The SMILES string of the molecule is Cc1cc(C)cc(CC(O)CC2Cc3ccccc32)c1. The van der Waals surface area contributed by atoms with Crippen molar-refractivity contribution < 1.29 is 5.11 Å². The maximum absolute atomic E-state index is 10.3. The van der Waals surface area contributed by atoms with Crippen molar-refractivity contribution in [1.82, 2.24) is 0 Å². The van der Waals surface area contributed by atoms with Crippen LogP contribution in [0.3, 0.4) is 0 Å². The topological polar surface area (TPSA) is 20.2 Å². The summed E-state index contributed by atoms with van der Waals surface area (Å²) in [5.41, 5.74) is 6.70. The lowest BCUT2D eigenvalue weighted by atomic mass is 9.74. The molecular weight excluding hydrogens is 244 g/mol. The number of benzene rings is 2. The fraction of sp³-hybridized carbons (Fsp3) is 0.368. The van der Waals surface area contributed by atoms with Gasteiger partial charge in [0.05, 0.1) is 6.10 Å². The predicted octanol–water partition coefficient (Wildman–Crippen LogP) is 3.94. The van der Waals surface area contributed by atoms with Crippen molar-refractivity contribution in [2.24, 2.45) is 0 Å². The predicted molar refractivity (Wildman–Crippen MR) is 83.1 cm³/mol. The van der Waals surface area contributed by atoms with Crippen LogP contribution in [0.4, 0.5) is 0 Å². The van der Waals surface area contributed by atoms with Crippen LogP contribution in [0.5, 0.6) is 0 Å². The normalized spacial score (nSPS) is 18.2. The van der Waals surface area contributed by atoms with Crippen LogP contribution in [0.25, 0.3) is 0 Å². The molecule has 0 radical (unpaired) electrons. The molecule has 1 nitrogen and oxygen atoms in total. The Morgan fingerprint density at radius 3 is 2.50 bits per heavy atom. The zero-order valence-corrected chi connectivity index (χ0v) is 12.3. The first-order valence-electron chi connectivity index (χ1n) is 7.45. The number of aliphatic hydroxyl groups excluding tert-OH is 1. The van der Waals surface area contributed by atoms with E-state index >= 15 is 0 Å². The highest BCUT2D eigenvalue weighted by molar-refractivity contribution is 5.40. The minimum atomic E-state index is -0.241. The molecule has 2 aromatic carbocycles. The third-order valence-corrected chi connectivity index (χ3v) is 4.27. The summed E-state index contributed by atoms with van der Waals surface area (Å²) in [6.45, 7) is 4.23. The molecule has 0 aromatic heterocycles. The summed E-state index contributed by atoms with van der Waals surface area (Å²) < 4.78 is 0. The monoisotopic (exact) mass is 266 g/mol. The Morgan fingerprint density at radius 2 is 1.80 bits per heavy atom. The molecule has 0 fully saturated rings. The maximum atomic E-state index is 10.3. The number of hydrogen-bond acceptors (Lipinski definition) is 1. The van der Waals surface area contributed by atoms with Gasteiger partial charge in [-0.3, -0.25) is 0 Å². The van der Waals surface area contributed by atoms with Crippen LogP contribution in [0.1, 0.15) is 40.2 Å². The molecule has 1 aliphatic rings. The highest BCUT2D eigenvalue weighted by atomic mass is 16.3. The summed E-state index contributed by atoms with van der Waals surface area (Å²) in [4.78, 5) is 0. The summed E-state index contributed by atoms with van der Waals surface area (Å²) in [7, 11) is 0. The molecule has 20 heavy (non-hydrogen) atoms. The van der Waals surface area contributed by atoms with E-state index in [1.807, 2.05) is 0 Å². The van der Waals surface area contributed by atoms with Gasteiger partial charge in [0.2, 0.25) is 0 Å². The largest absolute Gasteiger partial charge is 0.393 e. The van der Waals surface area contributed by atoms with Crippen molar-refractivity contribution in [2.75, 3.05) is 0 Å². The number of hydrogen-bond donors (Lipinski definition) is 1. The van der Waals surface area contributed by atoms with Gasteiger partial charge in [0.25, 0.3) is 0 Å². The van der Waals surface area contributed by atoms with Crippen LogP contribution in [0.2, 0.25) is 0 Å². The number of aryl methyl sites for hydroxylation is 2. The van der Waals surface area contributed by atoms with Crippen molar-refractivity contribution in [3.63, 3.8) is 0 Å². The highest BCUT2D eigenvalue weighted by Gasteiger charge is 2.27. The first-order valence-corrected chi connectivity index (χ1v) is 7.45. The Bertz CT molecular complexity index is 595. The van der Waals surface area contributed by atoms with Gasteiger partial charge in [-0.05, 0) is 55.7 Å². The van der Waals surface area contributed by atoms with E-state index < -0.39 is 0 Å². The van der Waals surface area contributed by atoms with Crippen LogP contribution < -0.4 is 0 Å². The van der Waals surface area contributed by atoms with Crippen molar-refractivity contribution in [3.05, 3.63) is 70.3 Å². The lowest BCUT2D eigenvalue weighted by Crippen LogP contribution is -2.23. The second kappa shape index (κ2) is 5.41. The second-order valence-electron chi connectivity index (χ2n) is 6.19. The first kappa shape index (κ1) is 13.4. The summed E-state index contributed by atoms with van der Waals surface area (Å²) in [5, 5.41) is 10.3. The highest BCUT2D eigenvalue weighted by Crippen LogP contribution is 2.38. The Hall–Kier alpha value is -1.60. The molecule has 104 valence electrons. The quantitative estimate of drug-likeness (QED) is 0.888. The summed E-state index contributed by atoms with van der Waals surface area (Å²) in [5.74, 6) is 0.548. The molecule has 0 spiro atoms. The molecule has 1 aliphatic carbocycles. The Morgan fingerprint density at radius 1 is 1.10 bits per heavy atom. The van der Waals surface area contributed by atoms with Crippen LogP contribution in [0.15, 0.2) is 42.5 Å². The van der Waals surface area contributed by atoms with Gasteiger partial charge in [0, 0.05) is 0 Å². The summed E-state index contributed by atoms with van der Waals surface area (Å²) >= 11 is 0. The summed E-state index contributed by atoms with van der Waals surface area (Å²) in [6.07, 6.45) is 2.53. The molecule has 0 saturated carbocycles. The number of fused-ring (bicyclic) bond motifs is 1. The van der Waals surface area contributed by atoms with Gasteiger partial charge in [0.1, 0.15) is 0 Å². The van der Waals surface area contributed by atoms with Crippen LogP contribution in [-0.2, 0) is 12.8 Å². The minimum absolute atomic E-state index is 0.241. The van der Waals surface area contributed by atoms with Gasteiger partial charge in [-0.25, -0.2) is 0 Å². The average molecular weight is 266 g/mol. The molecule has 2 atom stereocenters. The molecule has 1 N–H and O–H groups in total. The molecule has 3 rings (SSSR count). The van der Waals surface area contributed by atoms with Crippen LogP contribution in [-0.4, -0.2) is 11.2 Å². The van der Waals surface area contributed by atoms with Crippen LogP contribution in [0, 0.1) is 13.8 Å². The standard InChI is InChI=1S/C19H22O/c1-13-7-14(2)9-15(8-13)10-18(20)12-17-11-16-5-3-4-6-19(16)17/h3-9,17-18,20H,10-12H2,1-2H3. The summed E-state index contributed by atoms with van der Waals surface area (Å²) in [6, 6.07) is 15.1. The smallest absolute Gasteiger partial charge is 0.0586 e. The van der Waals surface area contributed by atoms with E-state index in [1.54, 1.807) is 0 Å². The van der Waals surface area contributed by atoms with Crippen molar-refractivity contribution >= 4 is 0 Å². The Kier molecular flexibility index (Phi) is 3.62. The zero-order valence-electron chi connectivity index (χ0n) is 12.3. The number of aliphatic hydroxyl groups is 1. The van der Waals surface area contributed by atoms with Gasteiger partial charge < -0.3 is 5.11 Å². The fourth-order valence-electron chi connectivity index (χ4n) is 3.44. The van der Waals surface area contributed by atoms with Gasteiger partial charge in [-0.1, -0.05) is 53.6 Å². The van der Waals surface area contributed by atoms with Gasteiger partial charge in [-0.15, -0.1) is 0 Å². The van der Waals surface area contributed by atoms with E-state index in [-0.39, 0.29) is 6.10 Å². The molecule has 1 heteroatoms. The van der Waals surface area contributed by atoms with Crippen molar-refractivity contribution in [2.45, 2.75) is 45.1 Å². The number of rotatable bonds is 4.